The Kier molecular flexibility index (Phi) is 4.45. The molecule has 0 fully saturated rings. The van der Waals surface area contributed by atoms with Crippen molar-refractivity contribution >= 4 is 12.0 Å². The molecule has 0 aliphatic heterocycles. The number of aromatic nitrogens is 1. The van der Waals surface area contributed by atoms with Crippen LogP contribution in [-0.2, 0) is 11.3 Å². The normalized spacial score (nSPS) is 10.6. The van der Waals surface area contributed by atoms with E-state index in [1.165, 1.54) is 11.6 Å². The van der Waals surface area contributed by atoms with E-state index in [0.29, 0.717) is 6.54 Å². The zero-order valence-electron chi connectivity index (χ0n) is 10.8. The number of benzene rings is 1. The highest BCUT2D eigenvalue weighted by Crippen LogP contribution is 2.04. The maximum atomic E-state index is 11.6. The van der Waals surface area contributed by atoms with Gasteiger partial charge in [0.05, 0.1) is 12.2 Å². The van der Waals surface area contributed by atoms with Gasteiger partial charge in [-0.15, -0.1) is 0 Å². The molecule has 0 saturated carbocycles. The minimum Gasteiger partial charge on any atom is -0.347 e. The molecule has 0 spiro atoms. The number of carbonyl (C=O) groups excluding carboxylic acids is 1. The second-order valence-electron chi connectivity index (χ2n) is 4.28. The van der Waals surface area contributed by atoms with Gasteiger partial charge in [0.1, 0.15) is 0 Å². The van der Waals surface area contributed by atoms with E-state index < -0.39 is 0 Å². The molecule has 2 rings (SSSR count). The zero-order chi connectivity index (χ0) is 13.5. The van der Waals surface area contributed by atoms with E-state index in [-0.39, 0.29) is 5.91 Å². The van der Waals surface area contributed by atoms with Crippen molar-refractivity contribution < 1.29 is 4.79 Å². The van der Waals surface area contributed by atoms with E-state index in [1.807, 2.05) is 49.4 Å². The second kappa shape index (κ2) is 6.50. The Morgan fingerprint density at radius 3 is 2.68 bits per heavy atom. The lowest BCUT2D eigenvalue weighted by Gasteiger charge is -2.01. The fourth-order valence-corrected chi connectivity index (χ4v) is 1.59. The Balaban J connectivity index is 1.86. The molecule has 1 heterocycles. The summed E-state index contributed by atoms with van der Waals surface area (Å²) in [5, 5.41) is 2.79. The summed E-state index contributed by atoms with van der Waals surface area (Å²) < 4.78 is 0. The highest BCUT2D eigenvalue weighted by atomic mass is 16.1. The molecule has 1 aromatic carbocycles. The van der Waals surface area contributed by atoms with Crippen LogP contribution in [0.15, 0.2) is 54.7 Å². The van der Waals surface area contributed by atoms with Crippen LogP contribution in [0, 0.1) is 6.92 Å². The summed E-state index contributed by atoms with van der Waals surface area (Å²) in [6, 6.07) is 13.6. The van der Waals surface area contributed by atoms with Crippen LogP contribution in [0.25, 0.3) is 6.08 Å². The van der Waals surface area contributed by atoms with Crippen LogP contribution in [0.5, 0.6) is 0 Å². The van der Waals surface area contributed by atoms with E-state index in [1.54, 1.807) is 12.3 Å². The molecule has 0 unspecified atom stereocenters. The maximum Gasteiger partial charge on any atom is 0.244 e. The standard InChI is InChI=1S/C16H16N2O/c1-13-5-7-14(8-6-13)9-10-16(19)18-12-15-4-2-3-11-17-15/h2-11H,12H2,1H3,(H,18,19)/b10-9+. The fourth-order valence-electron chi connectivity index (χ4n) is 1.59. The predicted octanol–water partition coefficient (Wildman–Crippen LogP) is 2.72. The molecule has 19 heavy (non-hydrogen) atoms. The highest BCUT2D eigenvalue weighted by molar-refractivity contribution is 5.91. The van der Waals surface area contributed by atoms with Gasteiger partial charge in [-0.2, -0.15) is 0 Å². The summed E-state index contributed by atoms with van der Waals surface area (Å²) in [5.74, 6) is -0.119. The lowest BCUT2D eigenvalue weighted by molar-refractivity contribution is -0.116. The molecule has 1 N–H and O–H groups in total. The summed E-state index contributed by atoms with van der Waals surface area (Å²) in [4.78, 5) is 15.8. The second-order valence-corrected chi connectivity index (χ2v) is 4.28. The molecule has 0 atom stereocenters. The van der Waals surface area contributed by atoms with Crippen molar-refractivity contribution in [3.8, 4) is 0 Å². The van der Waals surface area contributed by atoms with Crippen molar-refractivity contribution in [2.45, 2.75) is 13.5 Å². The molecule has 3 heteroatoms. The third-order valence-corrected chi connectivity index (χ3v) is 2.67. The predicted molar refractivity (Wildman–Crippen MR) is 76.3 cm³/mol. The van der Waals surface area contributed by atoms with Crippen LogP contribution >= 0.6 is 0 Å². The quantitative estimate of drug-likeness (QED) is 0.850. The number of hydrogen-bond acceptors (Lipinski definition) is 2. The first-order chi connectivity index (χ1) is 9.24. The topological polar surface area (TPSA) is 42.0 Å². The van der Waals surface area contributed by atoms with Gasteiger partial charge in [-0.3, -0.25) is 9.78 Å². The molecular weight excluding hydrogens is 236 g/mol. The average Bonchev–Trinajstić information content (AvgIpc) is 2.45. The van der Waals surface area contributed by atoms with Gasteiger partial charge >= 0.3 is 0 Å². The number of aryl methyl sites for hydroxylation is 1. The van der Waals surface area contributed by atoms with Gasteiger partial charge in [0.15, 0.2) is 0 Å². The molecule has 0 bridgehead atoms. The van der Waals surface area contributed by atoms with Gasteiger partial charge < -0.3 is 5.32 Å². The van der Waals surface area contributed by atoms with Crippen LogP contribution in [0.4, 0.5) is 0 Å². The molecule has 0 aliphatic rings. The number of pyridine rings is 1. The monoisotopic (exact) mass is 252 g/mol. The van der Waals surface area contributed by atoms with Gasteiger partial charge in [-0.05, 0) is 30.7 Å². The molecule has 2 aromatic rings. The molecular formula is C16H16N2O. The first-order valence-corrected chi connectivity index (χ1v) is 6.16. The van der Waals surface area contributed by atoms with Gasteiger partial charge in [-0.25, -0.2) is 0 Å². The average molecular weight is 252 g/mol. The number of amides is 1. The van der Waals surface area contributed by atoms with Crippen LogP contribution in [-0.4, -0.2) is 10.9 Å². The first-order valence-electron chi connectivity index (χ1n) is 6.16. The Hall–Kier alpha value is -2.42. The number of nitrogens with zero attached hydrogens (tertiary/aromatic N) is 1. The molecule has 0 aliphatic carbocycles. The first kappa shape index (κ1) is 13.0. The Morgan fingerprint density at radius 1 is 1.21 bits per heavy atom. The van der Waals surface area contributed by atoms with Gasteiger partial charge in [0.2, 0.25) is 5.91 Å². The number of hydrogen-bond donors (Lipinski definition) is 1. The summed E-state index contributed by atoms with van der Waals surface area (Å²) in [5.41, 5.74) is 3.06. The van der Waals surface area contributed by atoms with Crippen LogP contribution < -0.4 is 5.32 Å². The lowest BCUT2D eigenvalue weighted by atomic mass is 10.1. The Morgan fingerprint density at radius 2 is 2.00 bits per heavy atom. The number of carbonyl (C=O) groups is 1. The van der Waals surface area contributed by atoms with Crippen LogP contribution in [0.2, 0.25) is 0 Å². The maximum absolute atomic E-state index is 11.6. The van der Waals surface area contributed by atoms with Gasteiger partial charge in [-0.1, -0.05) is 35.9 Å². The van der Waals surface area contributed by atoms with Crippen molar-refractivity contribution in [2.24, 2.45) is 0 Å². The summed E-state index contributed by atoms with van der Waals surface area (Å²) >= 11 is 0. The van der Waals surface area contributed by atoms with Crippen molar-refractivity contribution in [1.29, 1.82) is 0 Å². The van der Waals surface area contributed by atoms with E-state index >= 15 is 0 Å². The number of nitrogens with one attached hydrogen (secondary N) is 1. The van der Waals surface area contributed by atoms with Crippen molar-refractivity contribution in [1.82, 2.24) is 10.3 Å². The fraction of sp³-hybridized carbons (Fsp3) is 0.125. The minimum atomic E-state index is -0.119. The van der Waals surface area contributed by atoms with Crippen LogP contribution in [0.1, 0.15) is 16.8 Å². The summed E-state index contributed by atoms with van der Waals surface area (Å²) in [6.45, 7) is 2.48. The van der Waals surface area contributed by atoms with E-state index in [9.17, 15) is 4.79 Å². The van der Waals surface area contributed by atoms with Gasteiger partial charge in [0, 0.05) is 12.3 Å². The SMILES string of the molecule is Cc1ccc(/C=C/C(=O)NCc2ccccn2)cc1. The molecule has 1 aromatic heterocycles. The van der Waals surface area contributed by atoms with Crippen LogP contribution in [0.3, 0.4) is 0 Å². The molecule has 0 saturated heterocycles. The minimum absolute atomic E-state index is 0.119. The zero-order valence-corrected chi connectivity index (χ0v) is 10.8. The summed E-state index contributed by atoms with van der Waals surface area (Å²) in [7, 11) is 0. The number of rotatable bonds is 4. The van der Waals surface area contributed by atoms with Crippen molar-refractivity contribution in [3.63, 3.8) is 0 Å². The molecule has 3 nitrogen and oxygen atoms in total. The molecule has 96 valence electrons. The lowest BCUT2D eigenvalue weighted by Crippen LogP contribution is -2.20. The van der Waals surface area contributed by atoms with Crippen molar-refractivity contribution in [2.75, 3.05) is 0 Å². The van der Waals surface area contributed by atoms with Crippen molar-refractivity contribution in [3.05, 3.63) is 71.6 Å². The molecule has 0 radical (unpaired) electrons. The van der Waals surface area contributed by atoms with E-state index in [2.05, 4.69) is 10.3 Å². The Labute approximate surface area is 113 Å². The van der Waals surface area contributed by atoms with Gasteiger partial charge in [0.25, 0.3) is 0 Å². The Bertz CT molecular complexity index is 559. The van der Waals surface area contributed by atoms with E-state index in [4.69, 9.17) is 0 Å². The molecule has 1 amide bonds. The third kappa shape index (κ3) is 4.39. The largest absolute Gasteiger partial charge is 0.347 e. The highest BCUT2D eigenvalue weighted by Gasteiger charge is 1.96. The smallest absolute Gasteiger partial charge is 0.244 e. The summed E-state index contributed by atoms with van der Waals surface area (Å²) in [6.07, 6.45) is 5.05. The third-order valence-electron chi connectivity index (χ3n) is 2.67. The van der Waals surface area contributed by atoms with E-state index in [0.717, 1.165) is 11.3 Å².